The van der Waals surface area contributed by atoms with Gasteiger partial charge in [0.25, 0.3) is 0 Å². The van der Waals surface area contributed by atoms with Gasteiger partial charge in [-0.1, -0.05) is 60.7 Å². The monoisotopic (exact) mass is 561 g/mol. The minimum absolute atomic E-state index is 0.0711. The van der Waals surface area contributed by atoms with Crippen molar-refractivity contribution >= 4 is 62.1 Å². The van der Waals surface area contributed by atoms with Gasteiger partial charge in [-0.25, -0.2) is 9.97 Å². The van der Waals surface area contributed by atoms with E-state index >= 15 is 0 Å². The first-order valence-electron chi connectivity index (χ1n) is 11.9. The van der Waals surface area contributed by atoms with Gasteiger partial charge in [-0.15, -0.1) is 0 Å². The van der Waals surface area contributed by atoms with Crippen LogP contribution in [-0.2, 0) is 22.4 Å². The van der Waals surface area contributed by atoms with E-state index in [1.54, 1.807) is 0 Å². The number of carbonyl (C=O) groups is 2. The molecule has 0 atom stereocenters. The van der Waals surface area contributed by atoms with E-state index in [0.717, 1.165) is 28.3 Å². The lowest BCUT2D eigenvalue weighted by molar-refractivity contribution is -0.117. The number of hydrogen-bond donors (Lipinski definition) is 5. The number of benzene rings is 2. The third kappa shape index (κ3) is 8.72. The van der Waals surface area contributed by atoms with Crippen molar-refractivity contribution < 1.29 is 9.59 Å². The smallest absolute Gasteiger partial charge is 0.236 e. The molecule has 0 aliphatic rings. The summed E-state index contributed by atoms with van der Waals surface area (Å²) in [4.78, 5) is 33.1. The van der Waals surface area contributed by atoms with Crippen LogP contribution in [0.5, 0.6) is 0 Å². The molecule has 3 heterocycles. The van der Waals surface area contributed by atoms with Crippen LogP contribution in [0.25, 0.3) is 17.0 Å². The standard InChI is InChI=1S/C13H13N5OS.C13H14N4OS/c14-11(19)7-16-13-17-12(18-20-13)5-8-6-15-10-4-2-1-3-9(8)10;14-11(18)9-15-13-16-12(17-19-13)8-4-7-10-5-2-1-3-6-10/h1-4,6,15H,5,7H2,(H2,14,19)(H,16,17,18);1-7H,8-9H2,(H2,14,18)(H,15,16,17)/b;7-4+. The number of hydrogen-bond acceptors (Lipinski definition) is 10. The molecule has 0 aliphatic carbocycles. The van der Waals surface area contributed by atoms with Gasteiger partial charge in [0.1, 0.15) is 11.6 Å². The molecule has 5 aromatic rings. The van der Waals surface area contributed by atoms with Crippen LogP contribution in [0.1, 0.15) is 22.8 Å². The zero-order valence-electron chi connectivity index (χ0n) is 20.8. The van der Waals surface area contributed by atoms with Crippen molar-refractivity contribution in [1.82, 2.24) is 23.7 Å². The van der Waals surface area contributed by atoms with Crippen LogP contribution in [0, 0.1) is 0 Å². The molecule has 5 rings (SSSR count). The molecule has 0 unspecified atom stereocenters. The average Bonchev–Trinajstić information content (AvgIpc) is 3.68. The number of allylic oxidation sites excluding steroid dienone is 1. The number of primary amides is 2. The summed E-state index contributed by atoms with van der Waals surface area (Å²) < 4.78 is 8.47. The van der Waals surface area contributed by atoms with Crippen LogP contribution in [-0.4, -0.2) is 48.6 Å². The second-order valence-electron chi connectivity index (χ2n) is 8.22. The fraction of sp³-hybridized carbons (Fsp3) is 0.154. The molecule has 3 aromatic heterocycles. The maximum absolute atomic E-state index is 10.7. The highest BCUT2D eigenvalue weighted by Crippen LogP contribution is 2.21. The molecule has 13 heteroatoms. The Kier molecular flexibility index (Phi) is 9.69. The Hall–Kier alpha value is -4.62. The van der Waals surface area contributed by atoms with Crippen LogP contribution in [0.4, 0.5) is 10.3 Å². The number of nitrogens with one attached hydrogen (secondary N) is 3. The number of aromatic amines is 1. The summed E-state index contributed by atoms with van der Waals surface area (Å²) in [6.07, 6.45) is 7.32. The van der Waals surface area contributed by atoms with Crippen LogP contribution >= 0.6 is 23.1 Å². The molecular formula is C26H27N9O2S2. The van der Waals surface area contributed by atoms with E-state index < -0.39 is 11.8 Å². The van der Waals surface area contributed by atoms with Crippen molar-refractivity contribution in [3.05, 3.63) is 89.6 Å². The van der Waals surface area contributed by atoms with Crippen LogP contribution < -0.4 is 22.1 Å². The van der Waals surface area contributed by atoms with Gasteiger partial charge < -0.3 is 27.1 Å². The maximum Gasteiger partial charge on any atom is 0.236 e. The van der Waals surface area contributed by atoms with E-state index in [0.29, 0.717) is 23.1 Å². The fourth-order valence-corrected chi connectivity index (χ4v) is 4.61. The summed E-state index contributed by atoms with van der Waals surface area (Å²) in [7, 11) is 0. The van der Waals surface area contributed by atoms with Crippen LogP contribution in [0.2, 0.25) is 0 Å². The third-order valence-electron chi connectivity index (χ3n) is 5.20. The van der Waals surface area contributed by atoms with Crippen molar-refractivity contribution in [2.24, 2.45) is 11.5 Å². The molecule has 0 bridgehead atoms. The van der Waals surface area contributed by atoms with Crippen LogP contribution in [0.15, 0.2) is 66.9 Å². The molecule has 0 saturated heterocycles. The first-order chi connectivity index (χ1) is 19.0. The van der Waals surface area contributed by atoms with Crippen molar-refractivity contribution in [2.45, 2.75) is 12.8 Å². The van der Waals surface area contributed by atoms with E-state index in [2.05, 4.69) is 40.4 Å². The molecule has 0 aliphatic heterocycles. The highest BCUT2D eigenvalue weighted by atomic mass is 32.1. The number of nitrogens with zero attached hydrogens (tertiary/aromatic N) is 4. The first-order valence-corrected chi connectivity index (χ1v) is 13.5. The summed E-state index contributed by atoms with van der Waals surface area (Å²) in [5.74, 6) is 0.620. The molecular weight excluding hydrogens is 534 g/mol. The van der Waals surface area contributed by atoms with Crippen molar-refractivity contribution in [2.75, 3.05) is 23.7 Å². The summed E-state index contributed by atoms with van der Waals surface area (Å²) in [6.45, 7) is 0.149. The number of fused-ring (bicyclic) bond motifs is 1. The summed E-state index contributed by atoms with van der Waals surface area (Å²) in [5.41, 5.74) is 13.5. The normalized spacial score (nSPS) is 10.8. The number of para-hydroxylation sites is 1. The number of carbonyl (C=O) groups excluding carboxylic acids is 2. The highest BCUT2D eigenvalue weighted by Gasteiger charge is 2.09. The van der Waals surface area contributed by atoms with Gasteiger partial charge in [-0.3, -0.25) is 9.59 Å². The Balaban J connectivity index is 0.000000181. The van der Waals surface area contributed by atoms with Crippen LogP contribution in [0.3, 0.4) is 0 Å². The van der Waals surface area contributed by atoms with Gasteiger partial charge in [-0.05, 0) is 17.2 Å². The minimum atomic E-state index is -0.418. The fourth-order valence-electron chi connectivity index (χ4n) is 3.44. The zero-order chi connectivity index (χ0) is 27.5. The molecule has 0 saturated carbocycles. The molecule has 200 valence electrons. The lowest BCUT2D eigenvalue weighted by atomic mass is 10.1. The Bertz CT molecular complexity index is 1540. The number of amides is 2. The average molecular weight is 562 g/mol. The lowest BCUT2D eigenvalue weighted by Crippen LogP contribution is -2.21. The molecule has 39 heavy (non-hydrogen) atoms. The number of anilines is 2. The summed E-state index contributed by atoms with van der Waals surface area (Å²) in [5, 5.41) is 8.06. The Morgan fingerprint density at radius 3 is 2.15 bits per heavy atom. The first kappa shape index (κ1) is 27.4. The van der Waals surface area contributed by atoms with E-state index in [1.807, 2.05) is 66.9 Å². The van der Waals surface area contributed by atoms with Gasteiger partial charge >= 0.3 is 0 Å². The number of nitrogens with two attached hydrogens (primary N) is 2. The summed E-state index contributed by atoms with van der Waals surface area (Å²) >= 11 is 2.45. The van der Waals surface area contributed by atoms with E-state index in [-0.39, 0.29) is 13.1 Å². The lowest BCUT2D eigenvalue weighted by Gasteiger charge is -1.96. The topological polar surface area (TPSA) is 178 Å². The highest BCUT2D eigenvalue weighted by molar-refractivity contribution is 7.10. The molecule has 0 spiro atoms. The maximum atomic E-state index is 10.7. The van der Waals surface area contributed by atoms with Crippen molar-refractivity contribution in [3.8, 4) is 0 Å². The van der Waals surface area contributed by atoms with Gasteiger partial charge in [0.15, 0.2) is 0 Å². The predicted octanol–water partition coefficient (Wildman–Crippen LogP) is 3.20. The minimum Gasteiger partial charge on any atom is -0.368 e. The Labute approximate surface area is 232 Å². The molecule has 11 nitrogen and oxygen atoms in total. The zero-order valence-corrected chi connectivity index (χ0v) is 22.5. The van der Waals surface area contributed by atoms with Gasteiger partial charge in [0.2, 0.25) is 22.1 Å². The Morgan fingerprint density at radius 1 is 0.846 bits per heavy atom. The summed E-state index contributed by atoms with van der Waals surface area (Å²) in [6, 6.07) is 18.1. The van der Waals surface area contributed by atoms with E-state index in [4.69, 9.17) is 11.5 Å². The van der Waals surface area contributed by atoms with Crippen molar-refractivity contribution in [1.29, 1.82) is 0 Å². The Morgan fingerprint density at radius 2 is 1.46 bits per heavy atom. The molecule has 0 radical (unpaired) electrons. The van der Waals surface area contributed by atoms with E-state index in [1.165, 1.54) is 28.5 Å². The molecule has 7 N–H and O–H groups in total. The van der Waals surface area contributed by atoms with Gasteiger partial charge in [0.05, 0.1) is 13.1 Å². The third-order valence-corrected chi connectivity index (χ3v) is 6.62. The largest absolute Gasteiger partial charge is 0.368 e. The number of rotatable bonds is 11. The molecule has 0 fully saturated rings. The second kappa shape index (κ2) is 13.8. The van der Waals surface area contributed by atoms with Gasteiger partial charge in [0, 0.05) is 53.0 Å². The molecule has 2 aromatic carbocycles. The molecule has 2 amide bonds. The predicted molar refractivity (Wildman–Crippen MR) is 155 cm³/mol. The van der Waals surface area contributed by atoms with E-state index in [9.17, 15) is 9.59 Å². The number of H-pyrrole nitrogens is 1. The SMILES string of the molecule is NC(=O)CNc1nc(C/C=C/c2ccccc2)ns1.NC(=O)CNc1nc(Cc2c[nH]c3ccccc23)ns1. The van der Waals surface area contributed by atoms with Crippen molar-refractivity contribution in [3.63, 3.8) is 0 Å². The quantitative estimate of drug-likeness (QED) is 0.163. The van der Waals surface area contributed by atoms with Gasteiger partial charge in [-0.2, -0.15) is 8.75 Å². The second-order valence-corrected chi connectivity index (χ2v) is 9.73. The number of aromatic nitrogens is 5.